The number of benzene rings is 1. The summed E-state index contributed by atoms with van der Waals surface area (Å²) in [5.41, 5.74) is 2.61. The van der Waals surface area contributed by atoms with Crippen LogP contribution in [0.3, 0.4) is 0 Å². The van der Waals surface area contributed by atoms with Crippen molar-refractivity contribution in [2.24, 2.45) is 33.7 Å². The number of fused-ring (bicyclic) bond motifs is 5. The van der Waals surface area contributed by atoms with Crippen LogP contribution in [0, 0.1) is 28.6 Å². The molecule has 0 radical (unpaired) electrons. The van der Waals surface area contributed by atoms with Gasteiger partial charge in [0.25, 0.3) is 5.91 Å². The molecule has 7 nitrogen and oxygen atoms in total. The standard InChI is InChI=1S/C30H38N2O5/c1-28-13-10-22(32-37-18-26(33)31-17-19-4-6-20(7-5-19)27(34)35)16-21(28)8-9-23-24(28)11-14-29(2)25(23)12-15-30(29,3)36/h4-7,10,13,16,23-25,36H,8-9,11-12,14-15,17-18H2,1-3H3,(H,31,33)(H,34,35)/t23-,24+,25-,28+,29+,30+/m1/s1. The lowest BCUT2D eigenvalue weighted by Gasteiger charge is -2.58. The number of amides is 1. The average Bonchev–Trinajstić information content (AvgIpc) is 3.11. The Kier molecular flexibility index (Phi) is 6.55. The van der Waals surface area contributed by atoms with Gasteiger partial charge in [0.15, 0.2) is 6.61 Å². The van der Waals surface area contributed by atoms with Crippen molar-refractivity contribution in [3.8, 4) is 0 Å². The highest BCUT2D eigenvalue weighted by Gasteiger charge is 2.61. The van der Waals surface area contributed by atoms with E-state index in [4.69, 9.17) is 9.94 Å². The Morgan fingerprint density at radius 3 is 2.54 bits per heavy atom. The molecule has 0 spiro atoms. The van der Waals surface area contributed by atoms with E-state index < -0.39 is 11.6 Å². The summed E-state index contributed by atoms with van der Waals surface area (Å²) in [6.45, 7) is 6.83. The van der Waals surface area contributed by atoms with Crippen LogP contribution in [-0.4, -0.2) is 40.0 Å². The van der Waals surface area contributed by atoms with Crippen LogP contribution in [0.15, 0.2) is 53.2 Å². The number of carboxylic acid groups (broad SMARTS) is 1. The summed E-state index contributed by atoms with van der Waals surface area (Å²) in [6.07, 6.45) is 12.9. The number of hydrogen-bond acceptors (Lipinski definition) is 5. The van der Waals surface area contributed by atoms with Crippen LogP contribution in [-0.2, 0) is 16.2 Å². The predicted molar refractivity (Wildman–Crippen MR) is 141 cm³/mol. The van der Waals surface area contributed by atoms with E-state index in [-0.39, 0.29) is 28.9 Å². The third-order valence-corrected chi connectivity index (χ3v) is 10.2. The van der Waals surface area contributed by atoms with E-state index >= 15 is 0 Å². The molecular weight excluding hydrogens is 468 g/mol. The number of allylic oxidation sites excluding steroid dienone is 4. The van der Waals surface area contributed by atoms with E-state index in [1.165, 1.54) is 17.7 Å². The van der Waals surface area contributed by atoms with E-state index in [0.29, 0.717) is 24.3 Å². The zero-order chi connectivity index (χ0) is 26.4. The summed E-state index contributed by atoms with van der Waals surface area (Å²) in [5, 5.41) is 27.1. The topological polar surface area (TPSA) is 108 Å². The van der Waals surface area contributed by atoms with Crippen LogP contribution in [0.4, 0.5) is 0 Å². The van der Waals surface area contributed by atoms with Gasteiger partial charge in [0.2, 0.25) is 0 Å². The Labute approximate surface area is 218 Å². The van der Waals surface area contributed by atoms with E-state index in [1.54, 1.807) is 12.1 Å². The maximum Gasteiger partial charge on any atom is 0.335 e. The van der Waals surface area contributed by atoms with Gasteiger partial charge in [0.05, 0.1) is 11.2 Å². The number of nitrogens with one attached hydrogen (secondary N) is 1. The molecule has 198 valence electrons. The summed E-state index contributed by atoms with van der Waals surface area (Å²) in [4.78, 5) is 28.5. The summed E-state index contributed by atoms with van der Waals surface area (Å²) < 4.78 is 0. The van der Waals surface area contributed by atoms with Gasteiger partial charge in [-0.3, -0.25) is 4.79 Å². The number of carbonyl (C=O) groups is 2. The van der Waals surface area contributed by atoms with Gasteiger partial charge in [0, 0.05) is 12.0 Å². The van der Waals surface area contributed by atoms with E-state index in [1.807, 2.05) is 13.0 Å². The largest absolute Gasteiger partial charge is 0.478 e. The molecule has 1 aromatic carbocycles. The Morgan fingerprint density at radius 2 is 1.81 bits per heavy atom. The minimum absolute atomic E-state index is 0.00523. The first kappa shape index (κ1) is 25.7. The van der Waals surface area contributed by atoms with Crippen molar-refractivity contribution in [2.45, 2.75) is 71.4 Å². The molecule has 0 aromatic heterocycles. The van der Waals surface area contributed by atoms with Gasteiger partial charge in [-0.25, -0.2) is 4.79 Å². The molecule has 0 aliphatic heterocycles. The molecule has 0 heterocycles. The molecule has 4 aliphatic carbocycles. The molecule has 3 saturated carbocycles. The first-order valence-corrected chi connectivity index (χ1v) is 13.4. The fourth-order valence-corrected chi connectivity index (χ4v) is 7.69. The van der Waals surface area contributed by atoms with Gasteiger partial charge in [-0.05, 0) is 98.5 Å². The van der Waals surface area contributed by atoms with Crippen molar-refractivity contribution < 1.29 is 24.6 Å². The summed E-state index contributed by atoms with van der Waals surface area (Å²) in [7, 11) is 0. The lowest BCUT2D eigenvalue weighted by Crippen LogP contribution is -2.53. The number of carboxylic acids is 1. The van der Waals surface area contributed by atoms with Crippen LogP contribution >= 0.6 is 0 Å². The lowest BCUT2D eigenvalue weighted by molar-refractivity contribution is -0.125. The SMILES string of the molecule is C[C@]12C=CC(=NOCC(=O)NCc3ccc(C(=O)O)cc3)C=C1CC[C@H]1[C@H]3CC[C@](C)(O)[C@@]3(C)CC[C@@H]12. The average molecular weight is 507 g/mol. The number of aromatic carboxylic acids is 1. The van der Waals surface area contributed by atoms with Gasteiger partial charge in [0.1, 0.15) is 5.71 Å². The van der Waals surface area contributed by atoms with Crippen molar-refractivity contribution >= 4 is 17.6 Å². The first-order chi connectivity index (χ1) is 17.5. The van der Waals surface area contributed by atoms with Crippen LogP contribution in [0.25, 0.3) is 0 Å². The van der Waals surface area contributed by atoms with Crippen molar-refractivity contribution in [2.75, 3.05) is 6.61 Å². The first-order valence-electron chi connectivity index (χ1n) is 13.4. The second-order valence-corrected chi connectivity index (χ2v) is 12.0. The Hall–Kier alpha value is -2.93. The summed E-state index contributed by atoms with van der Waals surface area (Å²) in [5.74, 6) is 0.530. The van der Waals surface area contributed by atoms with Crippen molar-refractivity contribution in [1.82, 2.24) is 5.32 Å². The highest BCUT2D eigenvalue weighted by atomic mass is 16.6. The van der Waals surface area contributed by atoms with Crippen LogP contribution in [0.1, 0.15) is 75.2 Å². The molecule has 5 rings (SSSR count). The van der Waals surface area contributed by atoms with Crippen LogP contribution in [0.5, 0.6) is 0 Å². The van der Waals surface area contributed by atoms with E-state index in [2.05, 4.69) is 36.5 Å². The number of oxime groups is 1. The monoisotopic (exact) mass is 506 g/mol. The highest BCUT2D eigenvalue weighted by Crippen LogP contribution is 2.66. The molecule has 3 fully saturated rings. The predicted octanol–water partition coefficient (Wildman–Crippen LogP) is 4.86. The van der Waals surface area contributed by atoms with Crippen LogP contribution < -0.4 is 5.32 Å². The maximum absolute atomic E-state index is 12.2. The van der Waals surface area contributed by atoms with Gasteiger partial charge in [-0.2, -0.15) is 0 Å². The molecule has 6 atom stereocenters. The maximum atomic E-state index is 12.2. The summed E-state index contributed by atoms with van der Waals surface area (Å²) >= 11 is 0. The highest BCUT2D eigenvalue weighted by molar-refractivity contribution is 6.05. The van der Waals surface area contributed by atoms with Gasteiger partial charge in [-0.1, -0.05) is 42.8 Å². The Bertz CT molecular complexity index is 1170. The van der Waals surface area contributed by atoms with Crippen molar-refractivity contribution in [3.05, 3.63) is 59.2 Å². The van der Waals surface area contributed by atoms with Crippen LogP contribution in [0.2, 0.25) is 0 Å². The molecule has 0 unspecified atom stereocenters. The molecule has 4 aliphatic rings. The summed E-state index contributed by atoms with van der Waals surface area (Å²) in [6, 6.07) is 6.38. The molecule has 3 N–H and O–H groups in total. The van der Waals surface area contributed by atoms with Gasteiger partial charge >= 0.3 is 5.97 Å². The second-order valence-electron chi connectivity index (χ2n) is 12.0. The zero-order valence-corrected chi connectivity index (χ0v) is 22.0. The Balaban J connectivity index is 1.17. The van der Waals surface area contributed by atoms with Crippen molar-refractivity contribution in [1.29, 1.82) is 0 Å². The Morgan fingerprint density at radius 1 is 1.08 bits per heavy atom. The van der Waals surface area contributed by atoms with E-state index in [9.17, 15) is 14.7 Å². The third-order valence-electron chi connectivity index (χ3n) is 10.2. The zero-order valence-electron chi connectivity index (χ0n) is 22.0. The molecular formula is C30H38N2O5. The lowest BCUT2D eigenvalue weighted by atomic mass is 9.47. The minimum Gasteiger partial charge on any atom is -0.478 e. The number of aliphatic hydroxyl groups is 1. The minimum atomic E-state index is -0.979. The molecule has 37 heavy (non-hydrogen) atoms. The number of rotatable bonds is 6. The van der Waals surface area contributed by atoms with Gasteiger partial charge < -0.3 is 20.4 Å². The fourth-order valence-electron chi connectivity index (χ4n) is 7.69. The number of nitrogens with zero attached hydrogens (tertiary/aromatic N) is 1. The normalized spacial score (nSPS) is 37.2. The van der Waals surface area contributed by atoms with E-state index in [0.717, 1.165) is 49.8 Å². The smallest absolute Gasteiger partial charge is 0.335 e. The molecule has 0 bridgehead atoms. The van der Waals surface area contributed by atoms with Crippen molar-refractivity contribution in [3.63, 3.8) is 0 Å². The molecule has 7 heteroatoms. The second kappa shape index (κ2) is 9.43. The van der Waals surface area contributed by atoms with Gasteiger partial charge in [-0.15, -0.1) is 0 Å². The molecule has 1 aromatic rings. The quantitative estimate of drug-likeness (QED) is 0.478. The number of hydrogen-bond donors (Lipinski definition) is 3. The third kappa shape index (κ3) is 4.52. The molecule has 1 amide bonds. The number of carbonyl (C=O) groups excluding carboxylic acids is 1. The fraction of sp³-hybridized carbons (Fsp3) is 0.567. The molecule has 0 saturated heterocycles.